The van der Waals surface area contributed by atoms with Crippen LogP contribution in [0.4, 0.5) is 0 Å². The Hall–Kier alpha value is -1.82. The molecule has 4 N–H and O–H groups in total. The Morgan fingerprint density at radius 3 is 1.04 bits per heavy atom. The van der Waals surface area contributed by atoms with E-state index < -0.39 is 20.2 Å². The van der Waals surface area contributed by atoms with Gasteiger partial charge in [0.1, 0.15) is 0 Å². The van der Waals surface area contributed by atoms with Crippen molar-refractivity contribution in [1.29, 1.82) is 0 Å². The molecule has 0 aliphatic heterocycles. The first-order chi connectivity index (χ1) is 12.8. The molecule has 0 aliphatic rings. The summed E-state index contributed by atoms with van der Waals surface area (Å²) in [5, 5.41) is 17.4. The summed E-state index contributed by atoms with van der Waals surface area (Å²) in [5.41, 5.74) is 0. The van der Waals surface area contributed by atoms with Crippen molar-refractivity contribution in [3.63, 3.8) is 0 Å². The zero-order chi connectivity index (χ0) is 21.8. The monoisotopic (exact) mass is 434 g/mol. The van der Waals surface area contributed by atoms with E-state index in [1.165, 1.54) is 24.3 Å². The van der Waals surface area contributed by atoms with E-state index in [4.69, 9.17) is 19.3 Å². The molecule has 2 atom stereocenters. The van der Waals surface area contributed by atoms with Crippen LogP contribution in [0.2, 0.25) is 0 Å². The highest BCUT2D eigenvalue weighted by Crippen LogP contribution is 2.06. The molecule has 0 aromatic heterocycles. The van der Waals surface area contributed by atoms with Gasteiger partial charge in [-0.1, -0.05) is 36.4 Å². The van der Waals surface area contributed by atoms with E-state index in [0.717, 1.165) is 0 Å². The summed E-state index contributed by atoms with van der Waals surface area (Å²) < 4.78 is 58.5. The molecule has 0 saturated heterocycles. The largest absolute Gasteiger partial charge is 0.393 e. The molecule has 0 spiro atoms. The Labute approximate surface area is 166 Å². The van der Waals surface area contributed by atoms with E-state index >= 15 is 0 Å². The molecule has 8 nitrogen and oxygen atoms in total. The Morgan fingerprint density at radius 2 is 0.893 bits per heavy atom. The predicted molar refractivity (Wildman–Crippen MR) is 105 cm³/mol. The van der Waals surface area contributed by atoms with Gasteiger partial charge in [-0.3, -0.25) is 9.11 Å². The van der Waals surface area contributed by atoms with Gasteiger partial charge < -0.3 is 10.2 Å². The topological polar surface area (TPSA) is 149 Å². The molecule has 28 heavy (non-hydrogen) atoms. The first kappa shape index (κ1) is 26.2. The minimum Gasteiger partial charge on any atom is -0.393 e. The third kappa shape index (κ3) is 13.4. The van der Waals surface area contributed by atoms with E-state index in [1.54, 1.807) is 50.2 Å². The van der Waals surface area contributed by atoms with Crippen LogP contribution >= 0.6 is 0 Å². The SMILES string of the molecule is CC(O)CCC(C)O.O=S(=O)(O)c1ccccc1.O=S(=O)(O)c1ccccc1. The van der Waals surface area contributed by atoms with Crippen molar-refractivity contribution in [2.75, 3.05) is 0 Å². The van der Waals surface area contributed by atoms with Gasteiger partial charge in [-0.05, 0) is 51.0 Å². The summed E-state index contributed by atoms with van der Waals surface area (Å²) in [4.78, 5) is -0.148. The summed E-state index contributed by atoms with van der Waals surface area (Å²) in [7, 11) is -8.01. The van der Waals surface area contributed by atoms with Crippen molar-refractivity contribution in [2.24, 2.45) is 0 Å². The third-order valence-electron chi connectivity index (χ3n) is 3.08. The van der Waals surface area contributed by atoms with Gasteiger partial charge in [0.05, 0.1) is 22.0 Å². The Bertz CT molecular complexity index is 787. The average molecular weight is 435 g/mol. The maximum absolute atomic E-state index is 10.4. The summed E-state index contributed by atoms with van der Waals surface area (Å²) in [6.07, 6.45) is 0.837. The van der Waals surface area contributed by atoms with E-state index in [-0.39, 0.29) is 22.0 Å². The predicted octanol–water partition coefficient (Wildman–Crippen LogP) is 2.39. The van der Waals surface area contributed by atoms with Crippen LogP contribution in [0.1, 0.15) is 26.7 Å². The highest BCUT2D eigenvalue weighted by atomic mass is 32.2. The zero-order valence-electron chi connectivity index (χ0n) is 15.6. The van der Waals surface area contributed by atoms with Crippen LogP contribution in [0, 0.1) is 0 Å². The van der Waals surface area contributed by atoms with Gasteiger partial charge in [0.15, 0.2) is 0 Å². The maximum Gasteiger partial charge on any atom is 0.294 e. The molecular weight excluding hydrogens is 408 g/mol. The van der Waals surface area contributed by atoms with Gasteiger partial charge in [0, 0.05) is 0 Å². The Balaban J connectivity index is 0.000000394. The smallest absolute Gasteiger partial charge is 0.294 e. The number of benzene rings is 2. The van der Waals surface area contributed by atoms with Gasteiger partial charge in [-0.2, -0.15) is 16.8 Å². The molecule has 0 heterocycles. The molecule has 10 heteroatoms. The zero-order valence-corrected chi connectivity index (χ0v) is 17.2. The second kappa shape index (κ2) is 12.6. The van der Waals surface area contributed by atoms with Crippen LogP contribution in [0.5, 0.6) is 0 Å². The normalized spacial score (nSPS) is 13.2. The number of rotatable bonds is 5. The summed E-state index contributed by atoms with van der Waals surface area (Å²) in [5.74, 6) is 0. The van der Waals surface area contributed by atoms with Crippen LogP contribution < -0.4 is 0 Å². The van der Waals surface area contributed by atoms with Crippen LogP contribution in [-0.2, 0) is 20.2 Å². The second-order valence-corrected chi connectivity index (χ2v) is 8.69. The minimum atomic E-state index is -4.00. The van der Waals surface area contributed by atoms with Crippen molar-refractivity contribution >= 4 is 20.2 Å². The molecule has 0 aliphatic carbocycles. The van der Waals surface area contributed by atoms with Gasteiger partial charge in [-0.15, -0.1) is 0 Å². The van der Waals surface area contributed by atoms with Crippen LogP contribution in [0.3, 0.4) is 0 Å². The standard InChI is InChI=1S/2C6H6O3S.C6H14O2/c2*7-10(8,9)6-4-2-1-3-5-6;1-5(7)3-4-6(2)8/h2*1-5H,(H,7,8,9);5-8H,3-4H2,1-2H3. The van der Waals surface area contributed by atoms with Gasteiger partial charge in [0.25, 0.3) is 20.2 Å². The number of hydrogen-bond donors (Lipinski definition) is 4. The molecule has 2 aromatic rings. The molecule has 158 valence electrons. The Kier molecular flexibility index (Phi) is 11.8. The van der Waals surface area contributed by atoms with Crippen molar-refractivity contribution in [2.45, 2.75) is 48.7 Å². The fourth-order valence-corrected chi connectivity index (χ4v) is 2.67. The lowest BCUT2D eigenvalue weighted by Gasteiger charge is -2.04. The van der Waals surface area contributed by atoms with E-state index in [2.05, 4.69) is 0 Å². The first-order valence-electron chi connectivity index (χ1n) is 8.25. The van der Waals surface area contributed by atoms with E-state index in [0.29, 0.717) is 12.8 Å². The molecule has 2 unspecified atom stereocenters. The lowest BCUT2D eigenvalue weighted by molar-refractivity contribution is 0.133. The van der Waals surface area contributed by atoms with Crippen LogP contribution in [-0.4, -0.2) is 48.4 Å². The van der Waals surface area contributed by atoms with Gasteiger partial charge in [-0.25, -0.2) is 0 Å². The molecule has 0 fully saturated rings. The average Bonchev–Trinajstić information content (AvgIpc) is 2.61. The number of hydrogen-bond acceptors (Lipinski definition) is 6. The molecule has 0 bridgehead atoms. The van der Waals surface area contributed by atoms with Gasteiger partial charge >= 0.3 is 0 Å². The van der Waals surface area contributed by atoms with Crippen LogP contribution in [0.25, 0.3) is 0 Å². The Morgan fingerprint density at radius 1 is 0.643 bits per heavy atom. The molecular formula is C18H26O8S2. The third-order valence-corrected chi connectivity index (χ3v) is 4.82. The van der Waals surface area contributed by atoms with Gasteiger partial charge in [0.2, 0.25) is 0 Å². The molecule has 0 amide bonds. The van der Waals surface area contributed by atoms with Crippen molar-refractivity contribution in [1.82, 2.24) is 0 Å². The lowest BCUT2D eigenvalue weighted by atomic mass is 10.1. The summed E-state index contributed by atoms with van der Waals surface area (Å²) in [6, 6.07) is 14.8. The number of aliphatic hydroxyl groups is 2. The second-order valence-electron chi connectivity index (χ2n) is 5.85. The quantitative estimate of drug-likeness (QED) is 0.524. The fourth-order valence-electron chi connectivity index (χ4n) is 1.67. The molecule has 2 rings (SSSR count). The fraction of sp³-hybridized carbons (Fsp3) is 0.333. The van der Waals surface area contributed by atoms with Crippen molar-refractivity contribution in [3.8, 4) is 0 Å². The van der Waals surface area contributed by atoms with Crippen molar-refractivity contribution in [3.05, 3.63) is 60.7 Å². The van der Waals surface area contributed by atoms with E-state index in [1.807, 2.05) is 0 Å². The molecule has 0 radical (unpaired) electrons. The minimum absolute atomic E-state index is 0.0741. The molecule has 0 saturated carbocycles. The first-order valence-corrected chi connectivity index (χ1v) is 11.1. The summed E-state index contributed by atoms with van der Waals surface area (Å²) in [6.45, 7) is 3.45. The van der Waals surface area contributed by atoms with E-state index in [9.17, 15) is 16.8 Å². The number of aliphatic hydroxyl groups excluding tert-OH is 2. The van der Waals surface area contributed by atoms with Crippen LogP contribution in [0.15, 0.2) is 70.5 Å². The highest BCUT2D eigenvalue weighted by Gasteiger charge is 2.06. The lowest BCUT2D eigenvalue weighted by Crippen LogP contribution is -2.06. The van der Waals surface area contributed by atoms with Crippen molar-refractivity contribution < 1.29 is 36.2 Å². The highest BCUT2D eigenvalue weighted by molar-refractivity contribution is 7.86. The maximum atomic E-state index is 10.4. The molecule has 2 aromatic carbocycles. The summed E-state index contributed by atoms with van der Waals surface area (Å²) >= 11 is 0.